The highest BCUT2D eigenvalue weighted by Crippen LogP contribution is 2.14. The Morgan fingerprint density at radius 1 is 1.10 bits per heavy atom. The standard InChI is InChI=1S/C21H25F2N5O3/c1-2-16(24-19(29)10-13-8-14(22)11-15(23)9-13)20(30)25-18-12-17(26-27-18)21(31)28-6-4-3-5-7-28/h8-9,11-12,16H,2-7,10H2,1H3,(H,24,29)(H2,25,26,27,30). The number of piperidine rings is 1. The van der Waals surface area contributed by atoms with Gasteiger partial charge >= 0.3 is 0 Å². The van der Waals surface area contributed by atoms with Gasteiger partial charge in [-0.3, -0.25) is 19.5 Å². The summed E-state index contributed by atoms with van der Waals surface area (Å²) in [5.41, 5.74) is 0.445. The number of amides is 3. The first-order chi connectivity index (χ1) is 14.9. The number of carbonyl (C=O) groups is 3. The van der Waals surface area contributed by atoms with E-state index in [1.807, 2.05) is 0 Å². The van der Waals surface area contributed by atoms with Gasteiger partial charge in [0, 0.05) is 25.2 Å². The Morgan fingerprint density at radius 3 is 2.42 bits per heavy atom. The van der Waals surface area contributed by atoms with Gasteiger partial charge in [-0.15, -0.1) is 0 Å². The number of benzene rings is 1. The van der Waals surface area contributed by atoms with Crippen LogP contribution >= 0.6 is 0 Å². The van der Waals surface area contributed by atoms with Crippen LogP contribution in [0, 0.1) is 11.6 Å². The van der Waals surface area contributed by atoms with E-state index < -0.39 is 29.5 Å². The molecule has 0 spiro atoms. The molecule has 31 heavy (non-hydrogen) atoms. The summed E-state index contributed by atoms with van der Waals surface area (Å²) in [6.07, 6.45) is 3.05. The highest BCUT2D eigenvalue weighted by molar-refractivity contribution is 5.98. The van der Waals surface area contributed by atoms with Crippen molar-refractivity contribution in [3.63, 3.8) is 0 Å². The maximum absolute atomic E-state index is 13.3. The fourth-order valence-corrected chi connectivity index (χ4v) is 3.47. The summed E-state index contributed by atoms with van der Waals surface area (Å²) in [6.45, 7) is 3.10. The molecule has 0 saturated carbocycles. The van der Waals surface area contributed by atoms with E-state index in [1.165, 1.54) is 6.07 Å². The van der Waals surface area contributed by atoms with Crippen LogP contribution in [0.5, 0.6) is 0 Å². The van der Waals surface area contributed by atoms with E-state index in [0.29, 0.717) is 19.5 Å². The second-order valence-electron chi connectivity index (χ2n) is 7.49. The van der Waals surface area contributed by atoms with Crippen molar-refractivity contribution >= 4 is 23.5 Å². The van der Waals surface area contributed by atoms with Gasteiger partial charge in [-0.2, -0.15) is 5.10 Å². The van der Waals surface area contributed by atoms with Crippen LogP contribution in [0.2, 0.25) is 0 Å². The summed E-state index contributed by atoms with van der Waals surface area (Å²) >= 11 is 0. The lowest BCUT2D eigenvalue weighted by molar-refractivity contribution is -0.126. The van der Waals surface area contributed by atoms with Crippen molar-refractivity contribution in [3.8, 4) is 0 Å². The topological polar surface area (TPSA) is 107 Å². The van der Waals surface area contributed by atoms with E-state index in [9.17, 15) is 23.2 Å². The van der Waals surface area contributed by atoms with E-state index in [-0.39, 0.29) is 29.4 Å². The van der Waals surface area contributed by atoms with Crippen molar-refractivity contribution < 1.29 is 23.2 Å². The zero-order chi connectivity index (χ0) is 22.4. The smallest absolute Gasteiger partial charge is 0.271 e. The lowest BCUT2D eigenvalue weighted by Crippen LogP contribution is -2.44. The molecule has 3 N–H and O–H groups in total. The van der Waals surface area contributed by atoms with Crippen LogP contribution in [-0.4, -0.2) is 52.0 Å². The van der Waals surface area contributed by atoms with Gasteiger partial charge in [0.05, 0.1) is 6.42 Å². The van der Waals surface area contributed by atoms with Crippen LogP contribution in [0.15, 0.2) is 24.3 Å². The van der Waals surface area contributed by atoms with Crippen molar-refractivity contribution in [1.82, 2.24) is 20.4 Å². The number of rotatable bonds is 7. The first-order valence-corrected chi connectivity index (χ1v) is 10.3. The SMILES string of the molecule is CCC(NC(=O)Cc1cc(F)cc(F)c1)C(=O)Nc1cc(C(=O)N2CCCCC2)[nH]n1. The molecule has 8 nitrogen and oxygen atoms in total. The fourth-order valence-electron chi connectivity index (χ4n) is 3.47. The van der Waals surface area contributed by atoms with Crippen molar-refractivity contribution in [1.29, 1.82) is 0 Å². The highest BCUT2D eigenvalue weighted by Gasteiger charge is 2.23. The maximum Gasteiger partial charge on any atom is 0.271 e. The van der Waals surface area contributed by atoms with Gasteiger partial charge in [-0.25, -0.2) is 8.78 Å². The van der Waals surface area contributed by atoms with E-state index in [0.717, 1.165) is 37.5 Å². The van der Waals surface area contributed by atoms with Crippen molar-refractivity contribution in [2.45, 2.75) is 45.1 Å². The molecule has 2 aromatic rings. The molecule has 10 heteroatoms. The number of nitrogens with one attached hydrogen (secondary N) is 3. The number of nitrogens with zero attached hydrogens (tertiary/aromatic N) is 2. The number of hydrogen-bond acceptors (Lipinski definition) is 4. The quantitative estimate of drug-likeness (QED) is 0.623. The van der Waals surface area contributed by atoms with Gasteiger partial charge < -0.3 is 15.5 Å². The molecule has 1 aliphatic heterocycles. The number of H-pyrrole nitrogens is 1. The fraction of sp³-hybridized carbons (Fsp3) is 0.429. The Labute approximate surface area is 178 Å². The Hall–Kier alpha value is -3.30. The van der Waals surface area contributed by atoms with Gasteiger partial charge in [0.15, 0.2) is 5.82 Å². The minimum atomic E-state index is -0.871. The first kappa shape index (κ1) is 22.4. The van der Waals surface area contributed by atoms with E-state index in [1.54, 1.807) is 11.8 Å². The third-order valence-electron chi connectivity index (χ3n) is 5.05. The highest BCUT2D eigenvalue weighted by atomic mass is 19.1. The molecule has 0 aliphatic carbocycles. The molecule has 0 radical (unpaired) electrons. The number of anilines is 1. The lowest BCUT2D eigenvalue weighted by Gasteiger charge is -2.25. The molecule has 166 valence electrons. The first-order valence-electron chi connectivity index (χ1n) is 10.3. The zero-order valence-corrected chi connectivity index (χ0v) is 17.2. The number of carbonyl (C=O) groups excluding carboxylic acids is 3. The summed E-state index contributed by atoms with van der Waals surface area (Å²) in [5.74, 6) is -2.61. The van der Waals surface area contributed by atoms with Crippen LogP contribution in [0.4, 0.5) is 14.6 Å². The number of halogens is 2. The van der Waals surface area contributed by atoms with E-state index in [4.69, 9.17) is 0 Å². The van der Waals surface area contributed by atoms with Crippen LogP contribution in [0.1, 0.15) is 48.7 Å². The van der Waals surface area contributed by atoms with Gasteiger partial charge in [-0.1, -0.05) is 6.92 Å². The second kappa shape index (κ2) is 10.1. The Morgan fingerprint density at radius 2 is 1.77 bits per heavy atom. The average molecular weight is 433 g/mol. The molecule has 1 aliphatic rings. The van der Waals surface area contributed by atoms with Crippen molar-refractivity contribution in [2.24, 2.45) is 0 Å². The van der Waals surface area contributed by atoms with Gasteiger partial charge in [0.25, 0.3) is 5.91 Å². The number of aromatic nitrogens is 2. The number of likely N-dealkylation sites (tertiary alicyclic amines) is 1. The largest absolute Gasteiger partial charge is 0.344 e. The molecule has 3 rings (SSSR count). The van der Waals surface area contributed by atoms with E-state index >= 15 is 0 Å². The van der Waals surface area contributed by atoms with Gasteiger partial charge in [-0.05, 0) is 43.4 Å². The zero-order valence-electron chi connectivity index (χ0n) is 17.2. The minimum Gasteiger partial charge on any atom is -0.344 e. The molecule has 1 saturated heterocycles. The summed E-state index contributed by atoms with van der Waals surface area (Å²) in [4.78, 5) is 39.0. The predicted molar refractivity (Wildman–Crippen MR) is 109 cm³/mol. The van der Waals surface area contributed by atoms with Crippen LogP contribution in [0.25, 0.3) is 0 Å². The Bertz CT molecular complexity index is 936. The minimum absolute atomic E-state index is 0.165. The van der Waals surface area contributed by atoms with Crippen LogP contribution in [0.3, 0.4) is 0 Å². The third kappa shape index (κ3) is 6.09. The van der Waals surface area contributed by atoms with Crippen molar-refractivity contribution in [2.75, 3.05) is 18.4 Å². The van der Waals surface area contributed by atoms with Crippen molar-refractivity contribution in [3.05, 3.63) is 47.2 Å². The second-order valence-corrected chi connectivity index (χ2v) is 7.49. The summed E-state index contributed by atoms with van der Waals surface area (Å²) in [5, 5.41) is 11.7. The molecular weight excluding hydrogens is 408 g/mol. The summed E-state index contributed by atoms with van der Waals surface area (Å²) in [6, 6.07) is 3.43. The average Bonchev–Trinajstić information content (AvgIpc) is 3.19. The molecule has 1 aromatic heterocycles. The van der Waals surface area contributed by atoms with Crippen LogP contribution < -0.4 is 10.6 Å². The molecule has 2 heterocycles. The van der Waals surface area contributed by atoms with Gasteiger partial charge in [0.1, 0.15) is 23.4 Å². The number of aromatic amines is 1. The molecule has 3 amide bonds. The molecule has 1 unspecified atom stereocenters. The predicted octanol–water partition coefficient (Wildman–Crippen LogP) is 2.39. The molecule has 1 atom stereocenters. The molecular formula is C21H25F2N5O3. The monoisotopic (exact) mass is 433 g/mol. The Balaban J connectivity index is 1.56. The Kier molecular flexibility index (Phi) is 7.32. The van der Waals surface area contributed by atoms with E-state index in [2.05, 4.69) is 20.8 Å². The number of hydrogen-bond donors (Lipinski definition) is 3. The van der Waals surface area contributed by atoms with Gasteiger partial charge in [0.2, 0.25) is 11.8 Å². The lowest BCUT2D eigenvalue weighted by atomic mass is 10.1. The normalized spacial score (nSPS) is 14.7. The molecule has 0 bridgehead atoms. The maximum atomic E-state index is 13.3. The third-order valence-corrected chi connectivity index (χ3v) is 5.05. The van der Waals surface area contributed by atoms with Crippen LogP contribution in [-0.2, 0) is 16.0 Å². The molecule has 1 aromatic carbocycles. The molecule has 1 fully saturated rings. The summed E-state index contributed by atoms with van der Waals surface area (Å²) in [7, 11) is 0. The summed E-state index contributed by atoms with van der Waals surface area (Å²) < 4.78 is 26.6.